The van der Waals surface area contributed by atoms with E-state index in [4.69, 9.17) is 0 Å². The highest BCUT2D eigenvalue weighted by atomic mass is 16.2. The Morgan fingerprint density at radius 1 is 1.10 bits per heavy atom. The SMILES string of the molecule is CC(C)(C)c1ccc(NC(=O)N2CCN(C=O)CC2)cc1. The van der Waals surface area contributed by atoms with Crippen LogP contribution in [0.25, 0.3) is 0 Å². The van der Waals surface area contributed by atoms with Gasteiger partial charge in [-0.1, -0.05) is 32.9 Å². The molecule has 0 bridgehead atoms. The van der Waals surface area contributed by atoms with E-state index in [0.29, 0.717) is 26.2 Å². The fraction of sp³-hybridized carbons (Fsp3) is 0.500. The Labute approximate surface area is 125 Å². The van der Waals surface area contributed by atoms with Crippen molar-refractivity contribution in [2.45, 2.75) is 26.2 Å². The van der Waals surface area contributed by atoms with E-state index >= 15 is 0 Å². The molecule has 1 aliphatic heterocycles. The molecule has 1 aromatic carbocycles. The van der Waals surface area contributed by atoms with Crippen LogP contribution in [0.2, 0.25) is 0 Å². The Morgan fingerprint density at radius 3 is 2.14 bits per heavy atom. The maximum Gasteiger partial charge on any atom is 0.321 e. The van der Waals surface area contributed by atoms with Crippen LogP contribution in [0.15, 0.2) is 24.3 Å². The highest BCUT2D eigenvalue weighted by Gasteiger charge is 2.20. The molecule has 5 heteroatoms. The molecule has 21 heavy (non-hydrogen) atoms. The zero-order valence-electron chi connectivity index (χ0n) is 12.9. The van der Waals surface area contributed by atoms with Gasteiger partial charge in [0, 0.05) is 31.9 Å². The van der Waals surface area contributed by atoms with Crippen LogP contribution in [-0.2, 0) is 10.2 Å². The number of rotatable bonds is 2. The number of benzene rings is 1. The molecule has 0 saturated carbocycles. The highest BCUT2D eigenvalue weighted by Crippen LogP contribution is 2.23. The van der Waals surface area contributed by atoms with Gasteiger partial charge in [-0.15, -0.1) is 0 Å². The maximum absolute atomic E-state index is 12.2. The van der Waals surface area contributed by atoms with Crippen molar-refractivity contribution in [1.82, 2.24) is 9.80 Å². The first-order valence-corrected chi connectivity index (χ1v) is 7.26. The van der Waals surface area contributed by atoms with E-state index in [1.807, 2.05) is 24.3 Å². The largest absolute Gasteiger partial charge is 0.342 e. The summed E-state index contributed by atoms with van der Waals surface area (Å²) in [5.41, 5.74) is 2.14. The predicted molar refractivity (Wildman–Crippen MR) is 83.4 cm³/mol. The summed E-state index contributed by atoms with van der Waals surface area (Å²) >= 11 is 0. The topological polar surface area (TPSA) is 52.7 Å². The summed E-state index contributed by atoms with van der Waals surface area (Å²) in [6.45, 7) is 8.82. The Morgan fingerprint density at radius 2 is 1.67 bits per heavy atom. The Bertz CT molecular complexity index is 497. The van der Waals surface area contributed by atoms with Gasteiger partial charge >= 0.3 is 6.03 Å². The monoisotopic (exact) mass is 289 g/mol. The summed E-state index contributed by atoms with van der Waals surface area (Å²) in [6.07, 6.45) is 0.834. The van der Waals surface area contributed by atoms with E-state index in [-0.39, 0.29) is 11.4 Å². The maximum atomic E-state index is 12.2. The number of nitrogens with zero attached hydrogens (tertiary/aromatic N) is 2. The summed E-state index contributed by atoms with van der Waals surface area (Å²) in [5.74, 6) is 0. The van der Waals surface area contributed by atoms with Crippen molar-refractivity contribution in [2.24, 2.45) is 0 Å². The van der Waals surface area contributed by atoms with Gasteiger partial charge in [0.05, 0.1) is 0 Å². The third-order valence-corrected chi connectivity index (χ3v) is 3.75. The second-order valence-corrected chi connectivity index (χ2v) is 6.39. The lowest BCUT2D eigenvalue weighted by Crippen LogP contribution is -2.49. The van der Waals surface area contributed by atoms with Crippen molar-refractivity contribution in [3.8, 4) is 0 Å². The number of carbonyl (C=O) groups is 2. The molecule has 0 radical (unpaired) electrons. The number of nitrogens with one attached hydrogen (secondary N) is 1. The van der Waals surface area contributed by atoms with Gasteiger partial charge in [-0.05, 0) is 23.1 Å². The van der Waals surface area contributed by atoms with E-state index in [9.17, 15) is 9.59 Å². The number of hydrogen-bond acceptors (Lipinski definition) is 2. The molecule has 2 rings (SSSR count). The number of anilines is 1. The molecule has 0 spiro atoms. The molecule has 0 unspecified atom stereocenters. The lowest BCUT2D eigenvalue weighted by atomic mass is 9.87. The molecular weight excluding hydrogens is 266 g/mol. The number of piperazine rings is 1. The smallest absolute Gasteiger partial charge is 0.321 e. The van der Waals surface area contributed by atoms with Crippen LogP contribution in [0.4, 0.5) is 10.5 Å². The molecule has 1 aromatic rings. The Balaban J connectivity index is 1.92. The average Bonchev–Trinajstić information content (AvgIpc) is 2.47. The van der Waals surface area contributed by atoms with E-state index in [2.05, 4.69) is 26.1 Å². The molecule has 1 saturated heterocycles. The van der Waals surface area contributed by atoms with Crippen molar-refractivity contribution >= 4 is 18.1 Å². The molecule has 0 aliphatic carbocycles. The van der Waals surface area contributed by atoms with Crippen LogP contribution in [0.5, 0.6) is 0 Å². The quantitative estimate of drug-likeness (QED) is 0.849. The van der Waals surface area contributed by atoms with E-state index in [1.54, 1.807) is 9.80 Å². The highest BCUT2D eigenvalue weighted by molar-refractivity contribution is 5.89. The summed E-state index contributed by atoms with van der Waals surface area (Å²) in [6, 6.07) is 7.84. The van der Waals surface area contributed by atoms with Gasteiger partial charge in [0.1, 0.15) is 0 Å². The minimum atomic E-state index is -0.107. The number of carbonyl (C=O) groups excluding carboxylic acids is 2. The molecule has 0 atom stereocenters. The van der Waals surface area contributed by atoms with Crippen LogP contribution in [0.3, 0.4) is 0 Å². The summed E-state index contributed by atoms with van der Waals surface area (Å²) in [7, 11) is 0. The molecule has 114 valence electrons. The van der Waals surface area contributed by atoms with Crippen LogP contribution in [-0.4, -0.2) is 48.4 Å². The number of amides is 3. The molecule has 5 nitrogen and oxygen atoms in total. The lowest BCUT2D eigenvalue weighted by molar-refractivity contribution is -0.119. The second-order valence-electron chi connectivity index (χ2n) is 6.39. The molecule has 1 aliphatic rings. The zero-order valence-corrected chi connectivity index (χ0v) is 12.9. The zero-order chi connectivity index (χ0) is 15.5. The van der Waals surface area contributed by atoms with Crippen LogP contribution in [0.1, 0.15) is 26.3 Å². The minimum absolute atomic E-state index is 0.105. The van der Waals surface area contributed by atoms with Gasteiger partial charge in [-0.3, -0.25) is 4.79 Å². The van der Waals surface area contributed by atoms with Crippen LogP contribution >= 0.6 is 0 Å². The number of urea groups is 1. The fourth-order valence-corrected chi connectivity index (χ4v) is 2.29. The molecule has 0 aromatic heterocycles. The van der Waals surface area contributed by atoms with Crippen molar-refractivity contribution in [1.29, 1.82) is 0 Å². The van der Waals surface area contributed by atoms with Gasteiger partial charge in [-0.2, -0.15) is 0 Å². The van der Waals surface area contributed by atoms with E-state index in [1.165, 1.54) is 5.56 Å². The van der Waals surface area contributed by atoms with Crippen molar-refractivity contribution in [3.63, 3.8) is 0 Å². The van der Waals surface area contributed by atoms with Gasteiger partial charge < -0.3 is 15.1 Å². The lowest BCUT2D eigenvalue weighted by Gasteiger charge is -2.32. The van der Waals surface area contributed by atoms with Gasteiger partial charge in [0.25, 0.3) is 0 Å². The first-order chi connectivity index (χ1) is 9.90. The van der Waals surface area contributed by atoms with E-state index in [0.717, 1.165) is 12.1 Å². The molecule has 1 fully saturated rings. The van der Waals surface area contributed by atoms with E-state index < -0.39 is 0 Å². The predicted octanol–water partition coefficient (Wildman–Crippen LogP) is 2.29. The van der Waals surface area contributed by atoms with Gasteiger partial charge in [-0.25, -0.2) is 4.79 Å². The second kappa shape index (κ2) is 6.16. The molecule has 3 amide bonds. The van der Waals surface area contributed by atoms with Gasteiger partial charge in [0.15, 0.2) is 0 Å². The van der Waals surface area contributed by atoms with Crippen molar-refractivity contribution in [2.75, 3.05) is 31.5 Å². The average molecular weight is 289 g/mol. The molecule has 1 heterocycles. The molecular formula is C16H23N3O2. The number of hydrogen-bond donors (Lipinski definition) is 1. The molecule has 1 N–H and O–H groups in total. The Hall–Kier alpha value is -2.04. The summed E-state index contributed by atoms with van der Waals surface area (Å²) in [4.78, 5) is 26.2. The normalized spacial score (nSPS) is 15.8. The van der Waals surface area contributed by atoms with Gasteiger partial charge in [0.2, 0.25) is 6.41 Å². The fourth-order valence-electron chi connectivity index (χ4n) is 2.29. The summed E-state index contributed by atoms with van der Waals surface area (Å²) in [5, 5.41) is 2.90. The van der Waals surface area contributed by atoms with Crippen LogP contribution < -0.4 is 5.32 Å². The third-order valence-electron chi connectivity index (χ3n) is 3.75. The van der Waals surface area contributed by atoms with Crippen LogP contribution in [0, 0.1) is 0 Å². The minimum Gasteiger partial charge on any atom is -0.342 e. The Kier molecular flexibility index (Phi) is 4.50. The first kappa shape index (κ1) is 15.4. The van der Waals surface area contributed by atoms with Crippen molar-refractivity contribution < 1.29 is 9.59 Å². The first-order valence-electron chi connectivity index (χ1n) is 7.26. The summed E-state index contributed by atoms with van der Waals surface area (Å²) < 4.78 is 0. The van der Waals surface area contributed by atoms with Crippen molar-refractivity contribution in [3.05, 3.63) is 29.8 Å². The third kappa shape index (κ3) is 3.97. The standard InChI is InChI=1S/C16H23N3O2/c1-16(2,3)13-4-6-14(7-5-13)17-15(21)19-10-8-18(12-20)9-11-19/h4-7,12H,8-11H2,1-3H3,(H,17,21).